The highest BCUT2D eigenvalue weighted by atomic mass is 19.4. The number of carbonyl (C=O) groups is 3. The lowest BCUT2D eigenvalue weighted by Crippen LogP contribution is -2.65. The molecular formula is C56H61F10NO5. The van der Waals surface area contributed by atoms with Gasteiger partial charge in [-0.25, -0.2) is 0 Å². The third-order valence-corrected chi connectivity index (χ3v) is 18.9. The molecule has 0 amide bonds. The van der Waals surface area contributed by atoms with Gasteiger partial charge in [-0.2, -0.15) is 43.9 Å². The number of hydrogen-bond acceptors (Lipinski definition) is 6. The normalized spacial score (nSPS) is 34.7. The zero-order valence-corrected chi connectivity index (χ0v) is 40.8. The molecule has 390 valence electrons. The Bertz CT molecular complexity index is 2650. The third kappa shape index (κ3) is 7.94. The number of rotatable bonds is 7. The summed E-state index contributed by atoms with van der Waals surface area (Å²) in [5.74, 6) is -12.8. The van der Waals surface area contributed by atoms with E-state index in [4.69, 9.17) is 0 Å². The van der Waals surface area contributed by atoms with Gasteiger partial charge in [-0.05, 0) is 166 Å². The van der Waals surface area contributed by atoms with Gasteiger partial charge in [-0.1, -0.05) is 73.5 Å². The summed E-state index contributed by atoms with van der Waals surface area (Å²) in [6.45, 7) is 3.57. The summed E-state index contributed by atoms with van der Waals surface area (Å²) in [5, 5.41) is 22.6. The molecule has 0 spiro atoms. The lowest BCUT2D eigenvalue weighted by molar-refractivity contribution is -0.362. The molecule has 4 unspecified atom stereocenters. The molecule has 8 aliphatic rings. The van der Waals surface area contributed by atoms with Gasteiger partial charge >= 0.3 is 24.2 Å². The van der Waals surface area contributed by atoms with Crippen molar-refractivity contribution in [3.8, 4) is 0 Å². The second-order valence-corrected chi connectivity index (χ2v) is 22.7. The Morgan fingerprint density at radius 1 is 0.583 bits per heavy atom. The van der Waals surface area contributed by atoms with Crippen LogP contribution in [0.5, 0.6) is 0 Å². The summed E-state index contributed by atoms with van der Waals surface area (Å²) in [7, 11) is 3.91. The van der Waals surface area contributed by atoms with Crippen molar-refractivity contribution in [3.63, 3.8) is 0 Å². The van der Waals surface area contributed by atoms with Crippen molar-refractivity contribution in [2.75, 3.05) is 14.1 Å². The number of aldehydes is 1. The zero-order chi connectivity index (χ0) is 52.4. The number of alkyl halides is 10. The van der Waals surface area contributed by atoms with Crippen LogP contribution in [0.3, 0.4) is 0 Å². The molecule has 16 heteroatoms. The van der Waals surface area contributed by atoms with Crippen molar-refractivity contribution in [3.05, 3.63) is 116 Å². The minimum Gasteiger partial charge on any atom is -0.383 e. The van der Waals surface area contributed by atoms with Crippen LogP contribution < -0.4 is 0 Å². The van der Waals surface area contributed by atoms with Crippen molar-refractivity contribution in [1.29, 1.82) is 0 Å². The Morgan fingerprint density at radius 3 is 1.33 bits per heavy atom. The number of benzene rings is 2. The second kappa shape index (κ2) is 17.9. The van der Waals surface area contributed by atoms with Crippen LogP contribution in [-0.4, -0.2) is 82.5 Å². The number of fused-ring (bicyclic) bond motifs is 8. The first kappa shape index (κ1) is 52.5. The molecule has 10 atom stereocenters. The molecule has 0 aliphatic heterocycles. The van der Waals surface area contributed by atoms with E-state index >= 15 is 8.78 Å². The summed E-state index contributed by atoms with van der Waals surface area (Å²) in [5.41, 5.74) is -0.532. The molecule has 0 radical (unpaired) electrons. The molecule has 10 rings (SSSR count). The van der Waals surface area contributed by atoms with Gasteiger partial charge < -0.3 is 15.1 Å². The minimum atomic E-state index is -5.87. The van der Waals surface area contributed by atoms with Crippen LogP contribution in [-0.2, 0) is 16.1 Å². The summed E-state index contributed by atoms with van der Waals surface area (Å²) in [4.78, 5) is 37.4. The van der Waals surface area contributed by atoms with Crippen LogP contribution >= 0.6 is 0 Å². The first-order valence-corrected chi connectivity index (χ1v) is 25.1. The maximum absolute atomic E-state index is 15.0. The fourth-order valence-electron chi connectivity index (χ4n) is 15.5. The lowest BCUT2D eigenvalue weighted by Gasteiger charge is -2.56. The van der Waals surface area contributed by atoms with E-state index < -0.39 is 82.7 Å². The van der Waals surface area contributed by atoms with Crippen LogP contribution in [0.15, 0.2) is 94.1 Å². The average molecular weight is 1020 g/mol. The van der Waals surface area contributed by atoms with E-state index in [-0.39, 0.29) is 49.1 Å². The number of aliphatic hydroxyl groups is 2. The van der Waals surface area contributed by atoms with Crippen molar-refractivity contribution < 1.29 is 68.5 Å². The maximum Gasteiger partial charge on any atom is 0.456 e. The number of ketones is 2. The van der Waals surface area contributed by atoms with E-state index in [1.54, 1.807) is 36.4 Å². The van der Waals surface area contributed by atoms with Crippen LogP contribution in [0.1, 0.15) is 143 Å². The van der Waals surface area contributed by atoms with Crippen molar-refractivity contribution in [1.82, 2.24) is 4.90 Å². The van der Waals surface area contributed by atoms with E-state index in [0.717, 1.165) is 44.6 Å². The summed E-state index contributed by atoms with van der Waals surface area (Å²) >= 11 is 0. The third-order valence-electron chi connectivity index (χ3n) is 18.9. The van der Waals surface area contributed by atoms with E-state index in [2.05, 4.69) is 0 Å². The van der Waals surface area contributed by atoms with Crippen molar-refractivity contribution in [2.45, 2.75) is 158 Å². The minimum absolute atomic E-state index is 0.00340. The van der Waals surface area contributed by atoms with Crippen molar-refractivity contribution >= 4 is 17.9 Å². The van der Waals surface area contributed by atoms with Crippen LogP contribution in [0, 0.1) is 34.5 Å². The van der Waals surface area contributed by atoms with E-state index in [9.17, 15) is 59.7 Å². The average Bonchev–Trinajstić information content (AvgIpc) is 3.76. The molecule has 6 nitrogen and oxygen atoms in total. The zero-order valence-electron chi connectivity index (χ0n) is 40.8. The highest BCUT2D eigenvalue weighted by Crippen LogP contribution is 2.72. The Balaban J connectivity index is 0.000000178. The smallest absolute Gasteiger partial charge is 0.383 e. The first-order valence-electron chi connectivity index (χ1n) is 25.1. The fourth-order valence-corrected chi connectivity index (χ4v) is 15.5. The molecule has 0 heterocycles. The Labute approximate surface area is 412 Å². The van der Waals surface area contributed by atoms with Gasteiger partial charge in [0.15, 0.2) is 11.6 Å². The van der Waals surface area contributed by atoms with E-state index in [1.165, 1.54) is 13.8 Å². The predicted octanol–water partition coefficient (Wildman–Crippen LogP) is 12.9. The number of halogens is 10. The van der Waals surface area contributed by atoms with Gasteiger partial charge in [0.2, 0.25) is 0 Å². The van der Waals surface area contributed by atoms with Gasteiger partial charge in [0, 0.05) is 47.6 Å². The van der Waals surface area contributed by atoms with E-state index in [1.807, 2.05) is 43.3 Å². The van der Waals surface area contributed by atoms with Crippen LogP contribution in [0.4, 0.5) is 43.9 Å². The maximum atomic E-state index is 15.0. The molecule has 0 bridgehead atoms. The molecule has 2 N–H and O–H groups in total. The standard InChI is InChI=1S/C29H34F5NO2.C27H27F5O3/c1-26-15-23(18-6-4-17(5-7-18)16-35(2)3)25-21-11-9-20(36)14-19(21)8-10-22(25)24(26)12-13-27(26,37)28(30,31)29(32,33)34;1-24-13-21(16-4-2-15(14-33)3-5-16)23-19-9-7-18(34)12-17(19)6-8-20(23)22(24)10-11-25(24,35)26(28,29)27(30,31)32/h4-7,14,22-24,37H,8-13,15-16H2,1-3H3;2-5,12,14,20-22,35H,6-11,13H2,1H3/t22?,23-,24?,26+,27+;20?,21-,22?,24+,25+/m11/s1. The van der Waals surface area contributed by atoms with Crippen LogP contribution in [0.25, 0.3) is 0 Å². The van der Waals surface area contributed by atoms with Gasteiger partial charge in [0.25, 0.3) is 0 Å². The van der Waals surface area contributed by atoms with Gasteiger partial charge in [-0.15, -0.1) is 0 Å². The molecular weight excluding hydrogens is 957 g/mol. The van der Waals surface area contributed by atoms with Gasteiger partial charge in [0.05, 0.1) is 0 Å². The Hall–Kier alpha value is -4.41. The summed E-state index contributed by atoms with van der Waals surface area (Å²) in [6, 6.07) is 14.5. The topological polar surface area (TPSA) is 94.9 Å². The lowest BCUT2D eigenvalue weighted by atomic mass is 9.50. The molecule has 8 aliphatic carbocycles. The Kier molecular flexibility index (Phi) is 13.0. The number of nitrogens with zero attached hydrogens (tertiary/aromatic N) is 1. The summed E-state index contributed by atoms with van der Waals surface area (Å²) < 4.78 is 142. The van der Waals surface area contributed by atoms with E-state index in [0.29, 0.717) is 75.3 Å². The highest BCUT2D eigenvalue weighted by molar-refractivity contribution is 5.93. The van der Waals surface area contributed by atoms with Gasteiger partial charge in [-0.3, -0.25) is 14.4 Å². The summed E-state index contributed by atoms with van der Waals surface area (Å²) in [6.07, 6.45) is -4.70. The quantitative estimate of drug-likeness (QED) is 0.212. The molecule has 4 fully saturated rings. The number of carbonyl (C=O) groups excluding carboxylic acids is 3. The van der Waals surface area contributed by atoms with Crippen LogP contribution in [0.2, 0.25) is 0 Å². The Morgan fingerprint density at radius 2 is 0.972 bits per heavy atom. The molecule has 4 saturated carbocycles. The van der Waals surface area contributed by atoms with Crippen molar-refractivity contribution in [2.24, 2.45) is 34.5 Å². The number of hydrogen-bond donors (Lipinski definition) is 2. The molecule has 2 aromatic rings. The highest BCUT2D eigenvalue weighted by Gasteiger charge is 2.80. The largest absolute Gasteiger partial charge is 0.456 e. The fraction of sp³-hybridized carbons (Fsp3) is 0.589. The predicted molar refractivity (Wildman–Crippen MR) is 248 cm³/mol. The molecule has 2 aromatic carbocycles. The second-order valence-electron chi connectivity index (χ2n) is 22.7. The number of allylic oxidation sites excluding steroid dienone is 8. The molecule has 72 heavy (non-hydrogen) atoms. The monoisotopic (exact) mass is 1020 g/mol. The first-order chi connectivity index (χ1) is 33.5. The molecule has 0 aromatic heterocycles. The molecule has 0 saturated heterocycles. The van der Waals surface area contributed by atoms with Gasteiger partial charge in [0.1, 0.15) is 17.5 Å². The SMILES string of the molecule is CN(C)Cc1ccc([C@H]2C[C@@]3(C)C(CC[C@@]3(O)C(F)(F)C(F)(F)F)C3CCC4=CC(=O)CCC4=C32)cc1.C[C@]12C[C@H](c3ccc(C=O)cc3)C3=C4CCC(=O)C=C4CCC3C1CC[C@@]2(O)C(F)(F)C(F)(F)F.